The summed E-state index contributed by atoms with van der Waals surface area (Å²) in [5.41, 5.74) is 2.28. The number of rotatable bonds is 5. The second-order valence-electron chi connectivity index (χ2n) is 6.00. The fourth-order valence-electron chi connectivity index (χ4n) is 2.58. The van der Waals surface area contributed by atoms with E-state index in [0.717, 1.165) is 16.7 Å². The first-order valence-corrected chi connectivity index (χ1v) is 8.16. The highest BCUT2D eigenvalue weighted by Crippen LogP contribution is 2.23. The number of hydrogen-bond acceptors (Lipinski definition) is 3. The summed E-state index contributed by atoms with van der Waals surface area (Å²) in [7, 11) is 0. The van der Waals surface area contributed by atoms with Crippen LogP contribution in [-0.2, 0) is 6.54 Å². The molecule has 0 saturated carbocycles. The highest BCUT2D eigenvalue weighted by Gasteiger charge is 2.13. The van der Waals surface area contributed by atoms with Crippen LogP contribution in [0.25, 0.3) is 22.6 Å². The lowest BCUT2D eigenvalue weighted by Crippen LogP contribution is -2.40. The Morgan fingerprint density at radius 1 is 1.24 bits per heavy atom. The highest BCUT2D eigenvalue weighted by molar-refractivity contribution is 5.77. The van der Waals surface area contributed by atoms with Gasteiger partial charge in [-0.25, -0.2) is 19.2 Å². The number of aromatic nitrogens is 3. The lowest BCUT2D eigenvalue weighted by atomic mass is 10.2. The van der Waals surface area contributed by atoms with Gasteiger partial charge in [-0.1, -0.05) is 0 Å². The predicted octanol–water partition coefficient (Wildman–Crippen LogP) is 2.95. The van der Waals surface area contributed by atoms with Crippen LogP contribution in [-0.4, -0.2) is 33.2 Å². The minimum atomic E-state index is -0.295. The van der Waals surface area contributed by atoms with Crippen molar-refractivity contribution in [3.63, 3.8) is 0 Å². The molecule has 0 saturated heterocycles. The SMILES string of the molecule is CC(C)NC(=O)NCCn1c(-c2ccc(F)cc2)nc2cccnc21. The molecule has 7 heteroatoms. The summed E-state index contributed by atoms with van der Waals surface area (Å²) >= 11 is 0. The lowest BCUT2D eigenvalue weighted by Gasteiger charge is -2.12. The van der Waals surface area contributed by atoms with E-state index in [1.807, 2.05) is 30.5 Å². The summed E-state index contributed by atoms with van der Waals surface area (Å²) in [6, 6.07) is 9.74. The zero-order chi connectivity index (χ0) is 17.8. The number of hydrogen-bond donors (Lipinski definition) is 2. The second-order valence-corrected chi connectivity index (χ2v) is 6.00. The van der Waals surface area contributed by atoms with E-state index in [0.29, 0.717) is 18.9 Å². The number of pyridine rings is 1. The monoisotopic (exact) mass is 341 g/mol. The first kappa shape index (κ1) is 16.9. The maximum atomic E-state index is 13.2. The van der Waals surface area contributed by atoms with E-state index < -0.39 is 0 Å². The summed E-state index contributed by atoms with van der Waals surface area (Å²) in [5.74, 6) is 0.399. The Labute approximate surface area is 145 Å². The molecule has 0 aliphatic heterocycles. The fraction of sp³-hybridized carbons (Fsp3) is 0.278. The van der Waals surface area contributed by atoms with E-state index in [4.69, 9.17) is 0 Å². The number of halogens is 1. The minimum Gasteiger partial charge on any atom is -0.336 e. The molecule has 0 aliphatic rings. The van der Waals surface area contributed by atoms with Gasteiger partial charge in [-0.3, -0.25) is 0 Å². The van der Waals surface area contributed by atoms with Crippen molar-refractivity contribution in [1.82, 2.24) is 25.2 Å². The molecule has 2 amide bonds. The van der Waals surface area contributed by atoms with E-state index in [2.05, 4.69) is 20.6 Å². The van der Waals surface area contributed by atoms with Crippen molar-refractivity contribution in [3.8, 4) is 11.4 Å². The smallest absolute Gasteiger partial charge is 0.315 e. The van der Waals surface area contributed by atoms with Crippen LogP contribution in [0.3, 0.4) is 0 Å². The van der Waals surface area contributed by atoms with Crippen LogP contribution < -0.4 is 10.6 Å². The molecule has 0 fully saturated rings. The normalized spacial score (nSPS) is 11.0. The van der Waals surface area contributed by atoms with Crippen molar-refractivity contribution < 1.29 is 9.18 Å². The molecule has 2 N–H and O–H groups in total. The van der Waals surface area contributed by atoms with Crippen LogP contribution in [0.4, 0.5) is 9.18 Å². The van der Waals surface area contributed by atoms with E-state index in [-0.39, 0.29) is 17.9 Å². The third-order valence-electron chi connectivity index (χ3n) is 3.65. The number of fused-ring (bicyclic) bond motifs is 1. The zero-order valence-electron chi connectivity index (χ0n) is 14.2. The van der Waals surface area contributed by atoms with Gasteiger partial charge < -0.3 is 15.2 Å². The van der Waals surface area contributed by atoms with Crippen molar-refractivity contribution in [2.24, 2.45) is 0 Å². The Morgan fingerprint density at radius 3 is 2.72 bits per heavy atom. The van der Waals surface area contributed by atoms with E-state index in [1.165, 1.54) is 12.1 Å². The summed E-state index contributed by atoms with van der Waals surface area (Å²) in [4.78, 5) is 20.7. The number of nitrogens with zero attached hydrogens (tertiary/aromatic N) is 3. The molecule has 0 aliphatic carbocycles. The molecule has 2 heterocycles. The Bertz CT molecular complexity index is 873. The molecule has 0 unspecified atom stereocenters. The first-order chi connectivity index (χ1) is 12.0. The Balaban J connectivity index is 1.86. The minimum absolute atomic E-state index is 0.0746. The van der Waals surface area contributed by atoms with Gasteiger partial charge in [-0.2, -0.15) is 0 Å². The maximum Gasteiger partial charge on any atom is 0.315 e. The third-order valence-corrected chi connectivity index (χ3v) is 3.65. The molecular formula is C18H20FN5O. The average Bonchev–Trinajstić information content (AvgIpc) is 2.94. The first-order valence-electron chi connectivity index (χ1n) is 8.16. The van der Waals surface area contributed by atoms with Crippen LogP contribution in [0.5, 0.6) is 0 Å². The number of amides is 2. The van der Waals surface area contributed by atoms with E-state index in [1.54, 1.807) is 18.3 Å². The molecule has 0 atom stereocenters. The van der Waals surface area contributed by atoms with E-state index in [9.17, 15) is 9.18 Å². The van der Waals surface area contributed by atoms with Crippen LogP contribution in [0.2, 0.25) is 0 Å². The Kier molecular flexibility index (Phi) is 4.92. The number of urea groups is 1. The third kappa shape index (κ3) is 3.93. The fourth-order valence-corrected chi connectivity index (χ4v) is 2.58. The molecule has 130 valence electrons. The number of carbonyl (C=O) groups is 1. The summed E-state index contributed by atoms with van der Waals surface area (Å²) in [5, 5.41) is 5.60. The molecule has 0 radical (unpaired) electrons. The van der Waals surface area contributed by atoms with Gasteiger partial charge in [0.05, 0.1) is 0 Å². The maximum absolute atomic E-state index is 13.2. The number of benzene rings is 1. The van der Waals surface area contributed by atoms with Gasteiger partial charge in [0, 0.05) is 30.9 Å². The molecule has 0 spiro atoms. The van der Waals surface area contributed by atoms with Crippen LogP contribution in [0, 0.1) is 5.82 Å². The standard InChI is InChI=1S/C18H20FN5O/c1-12(2)22-18(25)21-10-11-24-16(13-5-7-14(19)8-6-13)23-15-4-3-9-20-17(15)24/h3-9,12H,10-11H2,1-2H3,(H2,21,22,25). The second kappa shape index (κ2) is 7.29. The Morgan fingerprint density at radius 2 is 2.00 bits per heavy atom. The van der Waals surface area contributed by atoms with Gasteiger partial charge in [0.2, 0.25) is 0 Å². The quantitative estimate of drug-likeness (QED) is 0.749. The molecule has 3 rings (SSSR count). The molecular weight excluding hydrogens is 321 g/mol. The number of imidazole rings is 1. The molecule has 3 aromatic rings. The van der Waals surface area contributed by atoms with Gasteiger partial charge >= 0.3 is 6.03 Å². The average molecular weight is 341 g/mol. The number of carbonyl (C=O) groups excluding carboxylic acids is 1. The molecule has 2 aromatic heterocycles. The van der Waals surface area contributed by atoms with Gasteiger partial charge in [0.1, 0.15) is 17.2 Å². The van der Waals surface area contributed by atoms with Gasteiger partial charge in [0.15, 0.2) is 5.65 Å². The zero-order valence-corrected chi connectivity index (χ0v) is 14.2. The van der Waals surface area contributed by atoms with Gasteiger partial charge in [0.25, 0.3) is 0 Å². The van der Waals surface area contributed by atoms with Crippen molar-refractivity contribution in [1.29, 1.82) is 0 Å². The van der Waals surface area contributed by atoms with E-state index >= 15 is 0 Å². The van der Waals surface area contributed by atoms with Crippen molar-refractivity contribution in [2.45, 2.75) is 26.4 Å². The number of nitrogens with one attached hydrogen (secondary N) is 2. The molecule has 6 nitrogen and oxygen atoms in total. The van der Waals surface area contributed by atoms with Crippen molar-refractivity contribution in [2.75, 3.05) is 6.54 Å². The van der Waals surface area contributed by atoms with Crippen molar-refractivity contribution >= 4 is 17.2 Å². The van der Waals surface area contributed by atoms with Crippen LogP contribution in [0.1, 0.15) is 13.8 Å². The van der Waals surface area contributed by atoms with Gasteiger partial charge in [-0.05, 0) is 50.2 Å². The summed E-state index contributed by atoms with van der Waals surface area (Å²) in [6.45, 7) is 4.74. The summed E-state index contributed by atoms with van der Waals surface area (Å²) in [6.07, 6.45) is 1.70. The predicted molar refractivity (Wildman–Crippen MR) is 94.6 cm³/mol. The Hall–Kier alpha value is -2.96. The largest absolute Gasteiger partial charge is 0.336 e. The highest BCUT2D eigenvalue weighted by atomic mass is 19.1. The topological polar surface area (TPSA) is 71.8 Å². The van der Waals surface area contributed by atoms with Gasteiger partial charge in [-0.15, -0.1) is 0 Å². The molecule has 25 heavy (non-hydrogen) atoms. The molecule has 1 aromatic carbocycles. The van der Waals surface area contributed by atoms with Crippen LogP contribution in [0.15, 0.2) is 42.6 Å². The van der Waals surface area contributed by atoms with Crippen molar-refractivity contribution in [3.05, 3.63) is 48.4 Å². The summed E-state index contributed by atoms with van der Waals surface area (Å²) < 4.78 is 15.1. The lowest BCUT2D eigenvalue weighted by molar-refractivity contribution is 0.238. The molecule has 0 bridgehead atoms. The van der Waals surface area contributed by atoms with Crippen LogP contribution >= 0.6 is 0 Å².